The highest BCUT2D eigenvalue weighted by molar-refractivity contribution is 6.32. The molecule has 4 aromatic carbocycles. The van der Waals surface area contributed by atoms with Crippen molar-refractivity contribution in [3.63, 3.8) is 0 Å². The van der Waals surface area contributed by atoms with Crippen molar-refractivity contribution in [2.45, 2.75) is 25.9 Å². The van der Waals surface area contributed by atoms with Crippen LogP contribution < -0.4 is 11.1 Å². The molecule has 1 amide bonds. The number of pyridine rings is 4. The maximum absolute atomic E-state index is 12.7. The normalized spacial score (nSPS) is 10.9. The third-order valence-electron chi connectivity index (χ3n) is 10.3. The smallest absolute Gasteiger partial charge is 0.337 e. The van der Waals surface area contributed by atoms with Crippen LogP contribution in [0.4, 0.5) is 0 Å². The number of nitrogens with two attached hydrogens (primary N) is 1. The van der Waals surface area contributed by atoms with Gasteiger partial charge in [-0.1, -0.05) is 58.5 Å². The molecule has 6 heterocycles. The van der Waals surface area contributed by atoms with Crippen LogP contribution in [0.25, 0.3) is 43.6 Å². The Labute approximate surface area is 397 Å². The Morgan fingerprint density at radius 1 is 0.576 bits per heavy atom. The highest BCUT2D eigenvalue weighted by Gasteiger charge is 2.12. The van der Waals surface area contributed by atoms with Gasteiger partial charge < -0.3 is 15.8 Å². The van der Waals surface area contributed by atoms with Crippen LogP contribution in [-0.4, -0.2) is 59.3 Å². The average Bonchev–Trinajstić information content (AvgIpc) is 3.93. The molecule has 5 N–H and O–H groups in total. The first-order valence-electron chi connectivity index (χ1n) is 20.3. The molecule has 0 bridgehead atoms. The summed E-state index contributed by atoms with van der Waals surface area (Å²) in [6.07, 6.45) is 7.73. The summed E-state index contributed by atoms with van der Waals surface area (Å²) in [6, 6.07) is 33.6. The van der Waals surface area contributed by atoms with Crippen molar-refractivity contribution in [1.82, 2.24) is 45.6 Å². The van der Waals surface area contributed by atoms with Gasteiger partial charge in [0.15, 0.2) is 0 Å². The Bertz CT molecular complexity index is 3380. The number of amides is 1. The maximum Gasteiger partial charge on any atom is 0.337 e. The van der Waals surface area contributed by atoms with Crippen LogP contribution in [0.5, 0.6) is 0 Å². The van der Waals surface area contributed by atoms with Crippen LogP contribution >= 0.6 is 46.4 Å². The van der Waals surface area contributed by atoms with Crippen LogP contribution in [0.3, 0.4) is 0 Å². The summed E-state index contributed by atoms with van der Waals surface area (Å²) in [7, 11) is 1.36. The van der Waals surface area contributed by atoms with E-state index in [1.165, 1.54) is 7.11 Å². The van der Waals surface area contributed by atoms with E-state index in [0.29, 0.717) is 57.1 Å². The molecule has 10 aromatic rings. The number of ether oxygens (including phenoxy) is 1. The van der Waals surface area contributed by atoms with E-state index >= 15 is 0 Å². The number of halogens is 4. The number of esters is 1. The first-order chi connectivity index (χ1) is 32.0. The van der Waals surface area contributed by atoms with Gasteiger partial charge in [0.25, 0.3) is 5.91 Å². The molecule has 0 radical (unpaired) electrons. The van der Waals surface area contributed by atoms with Gasteiger partial charge in [-0.05, 0) is 108 Å². The van der Waals surface area contributed by atoms with Crippen molar-refractivity contribution in [2.75, 3.05) is 7.11 Å². The van der Waals surface area contributed by atoms with E-state index in [1.54, 1.807) is 55.1 Å². The van der Waals surface area contributed by atoms with Crippen molar-refractivity contribution in [1.29, 1.82) is 0 Å². The fraction of sp³-hybridized carbons (Fsp3) is 0.102. The van der Waals surface area contributed by atoms with Crippen LogP contribution in [0, 0.1) is 0 Å². The van der Waals surface area contributed by atoms with Crippen molar-refractivity contribution >= 4 is 102 Å². The zero-order valence-electron chi connectivity index (χ0n) is 35.0. The molecular formula is C49H38Cl4N10O3. The molecule has 10 rings (SSSR count). The zero-order valence-corrected chi connectivity index (χ0v) is 38.1. The fourth-order valence-electron chi connectivity index (χ4n) is 7.11. The number of carbonyl (C=O) groups is 2. The second kappa shape index (κ2) is 20.9. The first-order valence-corrected chi connectivity index (χ1v) is 21.8. The molecule has 0 aliphatic carbocycles. The molecule has 0 aliphatic heterocycles. The van der Waals surface area contributed by atoms with Crippen molar-refractivity contribution in [3.05, 3.63) is 199 Å². The molecule has 66 heavy (non-hydrogen) atoms. The number of carbonyl (C=O) groups excluding carboxylic acids is 2. The summed E-state index contributed by atoms with van der Waals surface area (Å²) in [5, 5.41) is 23.4. The summed E-state index contributed by atoms with van der Waals surface area (Å²) in [6.45, 7) is 0.766. The van der Waals surface area contributed by atoms with Gasteiger partial charge >= 0.3 is 5.97 Å². The molecule has 6 aromatic heterocycles. The number of hydrogen-bond donors (Lipinski definition) is 4. The van der Waals surface area contributed by atoms with Crippen LogP contribution in [0.2, 0.25) is 20.1 Å². The monoisotopic (exact) mass is 954 g/mol. The molecule has 0 fully saturated rings. The summed E-state index contributed by atoms with van der Waals surface area (Å²) in [4.78, 5) is 41.6. The molecule has 0 saturated carbocycles. The number of hydrogen-bond acceptors (Lipinski definition) is 10. The SMILES string of the molecule is COC(=O)c1ccnc(Cc2ccc3ncc(Cl)cc3c2)c1.NCc1[nH]nc2ccc(Cl)cc12.O=C(NCc1[nH]nc2ccc(Cl)cc12)c1ccnc(Cc2ccc3ncc(Cl)cc3c2)c1. The molecule has 0 unspecified atom stereocenters. The molecule has 0 saturated heterocycles. The predicted molar refractivity (Wildman–Crippen MR) is 260 cm³/mol. The molecule has 0 aliphatic rings. The molecular weight excluding hydrogens is 918 g/mol. The zero-order chi connectivity index (χ0) is 46.2. The number of fused-ring (bicyclic) bond motifs is 4. The van der Waals surface area contributed by atoms with Gasteiger partial charge in [0, 0.05) is 92.7 Å². The lowest BCUT2D eigenvalue weighted by Gasteiger charge is -2.07. The van der Waals surface area contributed by atoms with E-state index in [-0.39, 0.29) is 11.9 Å². The molecule has 17 heteroatoms. The second-order valence-corrected chi connectivity index (χ2v) is 16.6. The van der Waals surface area contributed by atoms with E-state index in [4.69, 9.17) is 56.9 Å². The second-order valence-electron chi connectivity index (χ2n) is 14.9. The number of aromatic amines is 2. The largest absolute Gasteiger partial charge is 0.465 e. The number of nitrogens with zero attached hydrogens (tertiary/aromatic N) is 6. The van der Waals surface area contributed by atoms with Crippen molar-refractivity contribution < 1.29 is 14.3 Å². The van der Waals surface area contributed by atoms with E-state index < -0.39 is 0 Å². The molecule has 0 spiro atoms. The average molecular weight is 957 g/mol. The van der Waals surface area contributed by atoms with Gasteiger partial charge in [-0.3, -0.25) is 34.9 Å². The fourth-order valence-corrected chi connectivity index (χ4v) is 7.79. The van der Waals surface area contributed by atoms with E-state index in [0.717, 1.165) is 77.5 Å². The third kappa shape index (κ3) is 11.3. The van der Waals surface area contributed by atoms with Gasteiger partial charge in [-0.2, -0.15) is 10.2 Å². The van der Waals surface area contributed by atoms with Gasteiger partial charge in [0.2, 0.25) is 0 Å². The number of rotatable bonds is 9. The molecule has 0 atom stereocenters. The van der Waals surface area contributed by atoms with Crippen LogP contribution in [0.15, 0.2) is 134 Å². The van der Waals surface area contributed by atoms with Gasteiger partial charge in [0.1, 0.15) is 0 Å². The predicted octanol–water partition coefficient (Wildman–Crippen LogP) is 10.7. The van der Waals surface area contributed by atoms with Gasteiger partial charge in [0.05, 0.1) is 62.7 Å². The van der Waals surface area contributed by atoms with Crippen LogP contribution in [0.1, 0.15) is 54.6 Å². The lowest BCUT2D eigenvalue weighted by atomic mass is 10.0. The number of aromatic nitrogens is 8. The van der Waals surface area contributed by atoms with Crippen molar-refractivity contribution in [3.8, 4) is 0 Å². The Kier molecular flexibility index (Phi) is 14.4. The van der Waals surface area contributed by atoms with E-state index in [9.17, 15) is 9.59 Å². The highest BCUT2D eigenvalue weighted by Crippen LogP contribution is 2.24. The molecule has 13 nitrogen and oxygen atoms in total. The summed E-state index contributed by atoms with van der Waals surface area (Å²) < 4.78 is 4.72. The summed E-state index contributed by atoms with van der Waals surface area (Å²) in [5.74, 6) is -0.550. The van der Waals surface area contributed by atoms with E-state index in [1.807, 2.05) is 78.9 Å². The first kappa shape index (κ1) is 45.6. The third-order valence-corrected chi connectivity index (χ3v) is 11.2. The van der Waals surface area contributed by atoms with Gasteiger partial charge in [-0.25, -0.2) is 4.79 Å². The topological polar surface area (TPSA) is 190 Å². The Morgan fingerprint density at radius 2 is 1.08 bits per heavy atom. The Balaban J connectivity index is 0.000000150. The number of nitrogens with one attached hydrogen (secondary N) is 3. The number of benzene rings is 4. The van der Waals surface area contributed by atoms with Crippen molar-refractivity contribution in [2.24, 2.45) is 5.73 Å². The lowest BCUT2D eigenvalue weighted by Crippen LogP contribution is -2.23. The highest BCUT2D eigenvalue weighted by atomic mass is 35.5. The minimum Gasteiger partial charge on any atom is -0.465 e. The van der Waals surface area contributed by atoms with Gasteiger partial charge in [-0.15, -0.1) is 0 Å². The molecule has 330 valence electrons. The minimum absolute atomic E-state index is 0.187. The quantitative estimate of drug-likeness (QED) is 0.101. The number of methoxy groups -OCH3 is 1. The Hall–Kier alpha value is -7.00. The van der Waals surface area contributed by atoms with E-state index in [2.05, 4.69) is 45.6 Å². The van der Waals surface area contributed by atoms with Crippen LogP contribution in [-0.2, 0) is 30.7 Å². The summed E-state index contributed by atoms with van der Waals surface area (Å²) >= 11 is 23.9. The lowest BCUT2D eigenvalue weighted by molar-refractivity contribution is 0.0600. The number of H-pyrrole nitrogens is 2. The summed E-state index contributed by atoms with van der Waals surface area (Å²) in [5.41, 5.74) is 15.5. The Morgan fingerprint density at radius 3 is 1.62 bits per heavy atom. The minimum atomic E-state index is -0.363. The maximum atomic E-state index is 12.7. The standard InChI is InChI=1S/C24H17Cl2N5O.C17H13ClN2O2.C8H8ClN3/c25-17-2-4-22-20(11-17)23(31-30-22)13-29-24(32)15-5-6-27-19(10-15)8-14-1-3-21-16(7-14)9-18(26)12-28-21;1-22-17(21)12-4-5-19-15(9-12)7-11-2-3-16-13(6-11)8-14(18)10-20-16;9-5-1-2-7-6(3-5)8(4-10)12-11-7/h1-7,9-12H,8,13H2,(H,29,32)(H,30,31);2-6,8-10H,7H2,1H3;1-3H,4,10H2,(H,11,12).